The zero-order valence-electron chi connectivity index (χ0n) is 15.3. The highest BCUT2D eigenvalue weighted by molar-refractivity contribution is 6.03. The summed E-state index contributed by atoms with van der Waals surface area (Å²) in [5.41, 5.74) is 0.251. The number of rotatable bonds is 7. The number of furan rings is 1. The number of nitro benzene ring substituents is 1. The van der Waals surface area contributed by atoms with E-state index >= 15 is 0 Å². The standard InChI is InChI=1S/C20H16N2O7/c1-27-20(24)13-6-8-14(9-7-13)28-12-15-10-11-18(29-15)19(23)21-16-4-2-3-5-17(16)22(25)26/h2-11H,12H2,1H3,(H,21,23). The SMILES string of the molecule is COC(=O)c1ccc(OCc2ccc(C(=O)Nc3ccccc3[N+](=O)[O-])o2)cc1. The summed E-state index contributed by atoms with van der Waals surface area (Å²) >= 11 is 0. The number of hydrogen-bond acceptors (Lipinski definition) is 7. The van der Waals surface area contributed by atoms with Gasteiger partial charge in [-0.1, -0.05) is 12.1 Å². The number of anilines is 1. The Bertz CT molecular complexity index is 1040. The predicted octanol–water partition coefficient (Wildman–Crippen LogP) is 3.81. The van der Waals surface area contributed by atoms with Crippen LogP contribution in [0, 0.1) is 10.1 Å². The summed E-state index contributed by atoms with van der Waals surface area (Å²) in [5, 5.41) is 13.5. The lowest BCUT2D eigenvalue weighted by atomic mass is 10.2. The zero-order chi connectivity index (χ0) is 20.8. The van der Waals surface area contributed by atoms with E-state index in [1.54, 1.807) is 36.4 Å². The molecule has 1 heterocycles. The van der Waals surface area contributed by atoms with Crippen LogP contribution in [-0.4, -0.2) is 23.9 Å². The zero-order valence-corrected chi connectivity index (χ0v) is 15.3. The second-order valence-corrected chi connectivity index (χ2v) is 5.80. The summed E-state index contributed by atoms with van der Waals surface area (Å²) in [4.78, 5) is 34.1. The first kappa shape index (κ1) is 19.6. The highest BCUT2D eigenvalue weighted by Crippen LogP contribution is 2.24. The van der Waals surface area contributed by atoms with Gasteiger partial charge in [-0.25, -0.2) is 4.79 Å². The summed E-state index contributed by atoms with van der Waals surface area (Å²) in [6.07, 6.45) is 0. The number of hydrogen-bond donors (Lipinski definition) is 1. The molecule has 0 radical (unpaired) electrons. The van der Waals surface area contributed by atoms with Gasteiger partial charge in [-0.15, -0.1) is 0 Å². The number of para-hydroxylation sites is 2. The molecule has 9 nitrogen and oxygen atoms in total. The second kappa shape index (κ2) is 8.70. The van der Waals surface area contributed by atoms with Crippen LogP contribution in [0.15, 0.2) is 65.1 Å². The average Bonchev–Trinajstić information content (AvgIpc) is 3.21. The molecule has 0 aliphatic rings. The maximum absolute atomic E-state index is 12.3. The highest BCUT2D eigenvalue weighted by atomic mass is 16.6. The maximum Gasteiger partial charge on any atom is 0.337 e. The van der Waals surface area contributed by atoms with Gasteiger partial charge in [0, 0.05) is 6.07 Å². The molecule has 3 aromatic rings. The quantitative estimate of drug-likeness (QED) is 0.366. The fourth-order valence-corrected chi connectivity index (χ4v) is 2.46. The highest BCUT2D eigenvalue weighted by Gasteiger charge is 2.18. The number of carbonyl (C=O) groups is 2. The van der Waals surface area contributed by atoms with Crippen LogP contribution >= 0.6 is 0 Å². The molecule has 0 spiro atoms. The first-order chi connectivity index (χ1) is 14.0. The number of ether oxygens (including phenoxy) is 2. The van der Waals surface area contributed by atoms with Crippen molar-refractivity contribution in [1.82, 2.24) is 0 Å². The predicted molar refractivity (Wildman–Crippen MR) is 102 cm³/mol. The van der Waals surface area contributed by atoms with Gasteiger partial charge in [0.25, 0.3) is 11.6 Å². The molecule has 0 aliphatic heterocycles. The molecule has 3 rings (SSSR count). The summed E-state index contributed by atoms with van der Waals surface area (Å²) in [6.45, 7) is 0.0519. The third-order valence-electron chi connectivity index (χ3n) is 3.89. The van der Waals surface area contributed by atoms with Crippen LogP contribution in [0.1, 0.15) is 26.7 Å². The van der Waals surface area contributed by atoms with Gasteiger partial charge in [0.05, 0.1) is 17.6 Å². The van der Waals surface area contributed by atoms with Crippen molar-refractivity contribution in [3.8, 4) is 5.75 Å². The Morgan fingerprint density at radius 2 is 1.79 bits per heavy atom. The number of methoxy groups -OCH3 is 1. The molecule has 0 saturated carbocycles. The van der Waals surface area contributed by atoms with E-state index < -0.39 is 16.8 Å². The summed E-state index contributed by atoms with van der Waals surface area (Å²) < 4.78 is 15.6. The Hall–Kier alpha value is -4.14. The number of benzene rings is 2. The molecule has 0 aliphatic carbocycles. The third-order valence-corrected chi connectivity index (χ3v) is 3.89. The molecule has 1 N–H and O–H groups in total. The van der Waals surface area contributed by atoms with Crippen molar-refractivity contribution in [2.45, 2.75) is 6.61 Å². The second-order valence-electron chi connectivity index (χ2n) is 5.80. The van der Waals surface area contributed by atoms with E-state index in [0.29, 0.717) is 17.1 Å². The Morgan fingerprint density at radius 3 is 2.48 bits per heavy atom. The molecule has 1 amide bonds. The molecular formula is C20H16N2O7. The van der Waals surface area contributed by atoms with Gasteiger partial charge in [0.1, 0.15) is 23.8 Å². The average molecular weight is 396 g/mol. The van der Waals surface area contributed by atoms with Gasteiger partial charge in [-0.05, 0) is 42.5 Å². The van der Waals surface area contributed by atoms with Gasteiger partial charge in [-0.2, -0.15) is 0 Å². The van der Waals surface area contributed by atoms with Crippen LogP contribution in [-0.2, 0) is 11.3 Å². The topological polar surface area (TPSA) is 121 Å². The van der Waals surface area contributed by atoms with E-state index in [4.69, 9.17) is 9.15 Å². The minimum absolute atomic E-state index is 0.0113. The fraction of sp³-hybridized carbons (Fsp3) is 0.100. The van der Waals surface area contributed by atoms with Crippen molar-refractivity contribution in [3.63, 3.8) is 0 Å². The molecule has 2 aromatic carbocycles. The van der Waals surface area contributed by atoms with E-state index in [0.717, 1.165) is 0 Å². The smallest absolute Gasteiger partial charge is 0.337 e. The van der Waals surface area contributed by atoms with Crippen molar-refractivity contribution in [1.29, 1.82) is 0 Å². The van der Waals surface area contributed by atoms with E-state index in [1.165, 1.54) is 31.4 Å². The van der Waals surface area contributed by atoms with E-state index in [1.807, 2.05) is 0 Å². The van der Waals surface area contributed by atoms with Crippen LogP contribution in [0.2, 0.25) is 0 Å². The first-order valence-corrected chi connectivity index (χ1v) is 8.42. The molecule has 0 unspecified atom stereocenters. The van der Waals surface area contributed by atoms with Crippen molar-refractivity contribution in [2.24, 2.45) is 0 Å². The monoisotopic (exact) mass is 396 g/mol. The minimum atomic E-state index is -0.618. The first-order valence-electron chi connectivity index (χ1n) is 8.42. The maximum atomic E-state index is 12.3. The third kappa shape index (κ3) is 4.78. The van der Waals surface area contributed by atoms with Gasteiger partial charge < -0.3 is 19.2 Å². The molecule has 0 atom stereocenters. The Morgan fingerprint density at radius 1 is 1.07 bits per heavy atom. The lowest BCUT2D eigenvalue weighted by molar-refractivity contribution is -0.383. The number of nitrogens with one attached hydrogen (secondary N) is 1. The summed E-state index contributed by atoms with van der Waals surface area (Å²) in [6, 6.07) is 15.2. The van der Waals surface area contributed by atoms with Gasteiger partial charge in [0.2, 0.25) is 0 Å². The molecule has 1 aromatic heterocycles. The van der Waals surface area contributed by atoms with E-state index in [2.05, 4.69) is 10.1 Å². The number of esters is 1. The van der Waals surface area contributed by atoms with Crippen molar-refractivity contribution < 1.29 is 28.4 Å². The molecule has 0 fully saturated rings. The summed E-state index contributed by atoms with van der Waals surface area (Å²) in [7, 11) is 1.30. The molecule has 0 bridgehead atoms. The minimum Gasteiger partial charge on any atom is -0.486 e. The summed E-state index contributed by atoms with van der Waals surface area (Å²) in [5.74, 6) is -0.192. The Balaban J connectivity index is 1.61. The number of nitrogens with zero attached hydrogens (tertiary/aromatic N) is 1. The number of nitro groups is 1. The van der Waals surface area contributed by atoms with E-state index in [9.17, 15) is 19.7 Å². The Labute approximate surface area is 165 Å². The Kier molecular flexibility index (Phi) is 5.88. The van der Waals surface area contributed by atoms with Gasteiger partial charge >= 0.3 is 5.97 Å². The van der Waals surface area contributed by atoms with Crippen LogP contribution in [0.5, 0.6) is 5.75 Å². The van der Waals surface area contributed by atoms with Gasteiger partial charge in [-0.3, -0.25) is 14.9 Å². The van der Waals surface area contributed by atoms with Crippen LogP contribution in [0.25, 0.3) is 0 Å². The van der Waals surface area contributed by atoms with Crippen LogP contribution < -0.4 is 10.1 Å². The van der Waals surface area contributed by atoms with Gasteiger partial charge in [0.15, 0.2) is 5.76 Å². The van der Waals surface area contributed by atoms with E-state index in [-0.39, 0.29) is 23.7 Å². The van der Waals surface area contributed by atoms with Crippen LogP contribution in [0.4, 0.5) is 11.4 Å². The number of carbonyl (C=O) groups excluding carboxylic acids is 2. The lowest BCUT2D eigenvalue weighted by Gasteiger charge is -2.05. The largest absolute Gasteiger partial charge is 0.486 e. The molecule has 148 valence electrons. The molecular weight excluding hydrogens is 380 g/mol. The normalized spacial score (nSPS) is 10.2. The molecule has 0 saturated heterocycles. The fourth-order valence-electron chi connectivity index (χ4n) is 2.46. The van der Waals surface area contributed by atoms with Crippen LogP contribution in [0.3, 0.4) is 0 Å². The van der Waals surface area contributed by atoms with Crippen molar-refractivity contribution >= 4 is 23.3 Å². The van der Waals surface area contributed by atoms with Crippen molar-refractivity contribution in [3.05, 3.63) is 87.9 Å². The number of amides is 1. The molecule has 29 heavy (non-hydrogen) atoms. The van der Waals surface area contributed by atoms with Crippen molar-refractivity contribution in [2.75, 3.05) is 12.4 Å². The molecule has 9 heteroatoms. The lowest BCUT2D eigenvalue weighted by Crippen LogP contribution is -2.12.